The monoisotopic (exact) mass is 336 g/mol. The van der Waals surface area contributed by atoms with Crippen LogP contribution in [0.3, 0.4) is 0 Å². The van der Waals surface area contributed by atoms with Gasteiger partial charge in [-0.25, -0.2) is 4.98 Å². The minimum Gasteiger partial charge on any atom is -0.384 e. The number of nitrogens with zero attached hydrogens (tertiary/aromatic N) is 3. The van der Waals surface area contributed by atoms with E-state index in [1.165, 1.54) is 4.90 Å². The molecule has 1 aromatic heterocycles. The fourth-order valence-electron chi connectivity index (χ4n) is 2.88. The lowest BCUT2D eigenvalue weighted by Crippen LogP contribution is -2.53. The van der Waals surface area contributed by atoms with E-state index in [-0.39, 0.29) is 24.2 Å². The molecule has 1 aliphatic heterocycles. The molecule has 134 valence electrons. The Morgan fingerprint density at radius 1 is 1.54 bits per heavy atom. The van der Waals surface area contributed by atoms with Crippen LogP contribution >= 0.6 is 0 Å². The van der Waals surface area contributed by atoms with Crippen LogP contribution in [0.25, 0.3) is 0 Å². The smallest absolute Gasteiger partial charge is 0.248 e. The van der Waals surface area contributed by atoms with E-state index in [4.69, 9.17) is 15.2 Å². The minimum atomic E-state index is -0.267. The van der Waals surface area contributed by atoms with Crippen LogP contribution in [0, 0.1) is 0 Å². The maximum atomic E-state index is 11.6. The molecule has 1 amide bonds. The summed E-state index contributed by atoms with van der Waals surface area (Å²) in [5, 5.41) is 0. The van der Waals surface area contributed by atoms with Gasteiger partial charge in [-0.3, -0.25) is 9.69 Å². The lowest BCUT2D eigenvalue weighted by molar-refractivity contribution is -0.161. The number of rotatable bonds is 6. The predicted octanol–water partition coefficient (Wildman–Crippen LogP) is 0.748. The number of aromatic nitrogens is 1. The van der Waals surface area contributed by atoms with Crippen LogP contribution in [0.4, 0.5) is 5.82 Å². The second-order valence-corrected chi connectivity index (χ2v) is 7.06. The topological polar surface area (TPSA) is 80.9 Å². The molecule has 24 heavy (non-hydrogen) atoms. The normalized spacial score (nSPS) is 20.8. The number of carbonyl (C=O) groups excluding carboxylic acids is 1. The van der Waals surface area contributed by atoms with Gasteiger partial charge in [0.2, 0.25) is 5.91 Å². The van der Waals surface area contributed by atoms with E-state index in [0.29, 0.717) is 12.4 Å². The van der Waals surface area contributed by atoms with Crippen molar-refractivity contribution in [2.75, 3.05) is 46.1 Å². The Balaban J connectivity index is 1.90. The van der Waals surface area contributed by atoms with Crippen LogP contribution in [0.1, 0.15) is 19.4 Å². The van der Waals surface area contributed by atoms with Gasteiger partial charge >= 0.3 is 0 Å². The first kappa shape index (κ1) is 18.6. The Bertz CT molecular complexity index is 563. The van der Waals surface area contributed by atoms with Crippen molar-refractivity contribution in [1.82, 2.24) is 14.8 Å². The number of likely N-dealkylation sites (N-methyl/N-ethyl adjacent to an activating group) is 1. The van der Waals surface area contributed by atoms with Crippen LogP contribution < -0.4 is 5.73 Å². The molecule has 2 rings (SSSR count). The van der Waals surface area contributed by atoms with Crippen LogP contribution in [0.2, 0.25) is 0 Å². The van der Waals surface area contributed by atoms with Gasteiger partial charge in [0, 0.05) is 39.9 Å². The summed E-state index contributed by atoms with van der Waals surface area (Å²) in [6.45, 7) is 6.97. The first-order valence-electron chi connectivity index (χ1n) is 8.14. The summed E-state index contributed by atoms with van der Waals surface area (Å²) >= 11 is 0. The highest BCUT2D eigenvalue weighted by atomic mass is 16.5. The number of ether oxygens (including phenoxy) is 2. The Morgan fingerprint density at radius 2 is 2.29 bits per heavy atom. The average Bonchev–Trinajstić information content (AvgIpc) is 2.45. The SMILES string of the molecule is CN(C)C(=O)COCC1CN(Cc2ccnc(N)c2)CC(C)(C)O1. The molecule has 7 heteroatoms. The number of carbonyl (C=O) groups is 1. The van der Waals surface area contributed by atoms with Crippen molar-refractivity contribution in [3.63, 3.8) is 0 Å². The van der Waals surface area contributed by atoms with Gasteiger partial charge in [0.25, 0.3) is 0 Å². The highest BCUT2D eigenvalue weighted by molar-refractivity contribution is 5.76. The molecule has 0 bridgehead atoms. The zero-order valence-corrected chi connectivity index (χ0v) is 15.0. The molecule has 0 aliphatic carbocycles. The molecule has 1 atom stereocenters. The maximum absolute atomic E-state index is 11.6. The van der Waals surface area contributed by atoms with Gasteiger partial charge in [-0.15, -0.1) is 0 Å². The van der Waals surface area contributed by atoms with E-state index in [1.807, 2.05) is 12.1 Å². The molecule has 2 N–H and O–H groups in total. The van der Waals surface area contributed by atoms with Crippen molar-refractivity contribution >= 4 is 11.7 Å². The molecule has 2 heterocycles. The molecule has 7 nitrogen and oxygen atoms in total. The summed E-state index contributed by atoms with van der Waals surface area (Å²) in [7, 11) is 3.43. The molecule has 1 unspecified atom stereocenters. The standard InChI is InChI=1S/C17H28N4O3/c1-17(2)12-21(8-13-5-6-19-15(18)7-13)9-14(24-17)10-23-11-16(22)20(3)4/h5-7,14H,8-12H2,1-4H3,(H2,18,19). The van der Waals surface area contributed by atoms with E-state index in [2.05, 4.69) is 23.7 Å². The molecule has 0 aromatic carbocycles. The number of hydrogen-bond acceptors (Lipinski definition) is 6. The highest BCUT2D eigenvalue weighted by Gasteiger charge is 2.33. The highest BCUT2D eigenvalue weighted by Crippen LogP contribution is 2.23. The third kappa shape index (κ3) is 5.74. The zero-order valence-electron chi connectivity index (χ0n) is 15.0. The molecule has 1 aromatic rings. The molecule has 1 fully saturated rings. The summed E-state index contributed by atoms with van der Waals surface area (Å²) in [6, 6.07) is 3.86. The molecule has 0 radical (unpaired) electrons. The van der Waals surface area contributed by atoms with Gasteiger partial charge in [0.1, 0.15) is 12.4 Å². The number of nitrogens with two attached hydrogens (primary N) is 1. The molecule has 1 saturated heterocycles. The van der Waals surface area contributed by atoms with Crippen molar-refractivity contribution in [3.8, 4) is 0 Å². The number of morpholine rings is 1. The molecule has 1 aliphatic rings. The molecular weight excluding hydrogens is 308 g/mol. The van der Waals surface area contributed by atoms with Crippen LogP contribution in [-0.2, 0) is 20.8 Å². The van der Waals surface area contributed by atoms with E-state index in [9.17, 15) is 4.79 Å². The summed E-state index contributed by atoms with van der Waals surface area (Å²) in [5.41, 5.74) is 6.61. The third-order valence-electron chi connectivity index (χ3n) is 3.83. The Morgan fingerprint density at radius 3 is 2.96 bits per heavy atom. The third-order valence-corrected chi connectivity index (χ3v) is 3.83. The summed E-state index contributed by atoms with van der Waals surface area (Å²) < 4.78 is 11.6. The van der Waals surface area contributed by atoms with Crippen LogP contribution in [-0.4, -0.2) is 72.8 Å². The predicted molar refractivity (Wildman–Crippen MR) is 92.4 cm³/mol. The van der Waals surface area contributed by atoms with Crippen molar-refractivity contribution in [2.24, 2.45) is 0 Å². The fourth-order valence-corrected chi connectivity index (χ4v) is 2.88. The Labute approximate surface area is 143 Å². The summed E-state index contributed by atoms with van der Waals surface area (Å²) in [6.07, 6.45) is 1.66. The van der Waals surface area contributed by atoms with Gasteiger partial charge < -0.3 is 20.1 Å². The van der Waals surface area contributed by atoms with Gasteiger partial charge in [-0.05, 0) is 31.5 Å². The zero-order chi connectivity index (χ0) is 17.7. The van der Waals surface area contributed by atoms with Crippen molar-refractivity contribution in [3.05, 3.63) is 23.9 Å². The molecular formula is C17H28N4O3. The maximum Gasteiger partial charge on any atom is 0.248 e. The summed E-state index contributed by atoms with van der Waals surface area (Å²) in [5.74, 6) is 0.483. The number of nitrogen functional groups attached to an aromatic ring is 1. The lowest BCUT2D eigenvalue weighted by atomic mass is 10.0. The second-order valence-electron chi connectivity index (χ2n) is 7.06. The second kappa shape index (κ2) is 7.92. The molecule has 0 saturated carbocycles. The largest absolute Gasteiger partial charge is 0.384 e. The quantitative estimate of drug-likeness (QED) is 0.825. The van der Waals surface area contributed by atoms with Crippen LogP contribution in [0.15, 0.2) is 18.3 Å². The van der Waals surface area contributed by atoms with Gasteiger partial charge in [-0.2, -0.15) is 0 Å². The Hall–Kier alpha value is -1.70. The van der Waals surface area contributed by atoms with Crippen molar-refractivity contribution < 1.29 is 14.3 Å². The Kier molecular flexibility index (Phi) is 6.15. The number of anilines is 1. The van der Waals surface area contributed by atoms with E-state index >= 15 is 0 Å². The first-order chi connectivity index (χ1) is 11.2. The van der Waals surface area contributed by atoms with Gasteiger partial charge in [0.05, 0.1) is 18.3 Å². The fraction of sp³-hybridized carbons (Fsp3) is 0.647. The van der Waals surface area contributed by atoms with Crippen LogP contribution in [0.5, 0.6) is 0 Å². The van der Waals surface area contributed by atoms with Crippen molar-refractivity contribution in [1.29, 1.82) is 0 Å². The van der Waals surface area contributed by atoms with Crippen molar-refractivity contribution in [2.45, 2.75) is 32.1 Å². The van der Waals surface area contributed by atoms with Gasteiger partial charge in [-0.1, -0.05) is 0 Å². The molecule has 0 spiro atoms. The van der Waals surface area contributed by atoms with E-state index in [0.717, 1.165) is 25.2 Å². The average molecular weight is 336 g/mol. The van der Waals surface area contributed by atoms with Gasteiger partial charge in [0.15, 0.2) is 0 Å². The minimum absolute atomic E-state index is 0.0470. The summed E-state index contributed by atoms with van der Waals surface area (Å²) in [4.78, 5) is 19.4. The number of hydrogen-bond donors (Lipinski definition) is 1. The lowest BCUT2D eigenvalue weighted by Gasteiger charge is -2.42. The van der Waals surface area contributed by atoms with E-state index < -0.39 is 0 Å². The van der Waals surface area contributed by atoms with E-state index in [1.54, 1.807) is 20.3 Å². The number of amides is 1. The first-order valence-corrected chi connectivity index (χ1v) is 8.14. The number of pyridine rings is 1.